The number of nitrogens with zero attached hydrogens (tertiary/aromatic N) is 1. The first kappa shape index (κ1) is 11.7. The predicted octanol–water partition coefficient (Wildman–Crippen LogP) is 0.505. The van der Waals surface area contributed by atoms with Crippen LogP contribution in [0.1, 0.15) is 6.42 Å². The van der Waals surface area contributed by atoms with Crippen LogP contribution in [0.25, 0.3) is 0 Å². The number of nitriles is 1. The number of rotatable bonds is 0. The van der Waals surface area contributed by atoms with Crippen LogP contribution in [0.15, 0.2) is 0 Å². The van der Waals surface area contributed by atoms with Crippen molar-refractivity contribution in [3.8, 4) is 6.07 Å². The summed E-state index contributed by atoms with van der Waals surface area (Å²) in [7, 11) is 0. The zero-order valence-corrected chi connectivity index (χ0v) is 6.43. The van der Waals surface area contributed by atoms with Crippen molar-refractivity contribution >= 4 is 5.97 Å². The first-order valence-corrected chi connectivity index (χ1v) is 3.31. The highest BCUT2D eigenvalue weighted by molar-refractivity contribution is 5.73. The van der Waals surface area contributed by atoms with E-state index in [2.05, 4.69) is 11.4 Å². The van der Waals surface area contributed by atoms with Crippen LogP contribution in [0.2, 0.25) is 0 Å². The van der Waals surface area contributed by atoms with E-state index in [1.807, 2.05) is 0 Å². The SMILES string of the molecule is N#CC1CCN1.O=C(O)C(F)(F)F. The first-order valence-electron chi connectivity index (χ1n) is 3.31. The van der Waals surface area contributed by atoms with Gasteiger partial charge in [-0.25, -0.2) is 4.79 Å². The number of carboxylic acids is 1. The second kappa shape index (κ2) is 4.67. The Morgan fingerprint density at radius 3 is 2.00 bits per heavy atom. The predicted molar refractivity (Wildman–Crippen MR) is 35.7 cm³/mol. The summed E-state index contributed by atoms with van der Waals surface area (Å²) in [5, 5.41) is 18.1. The number of hydrogen-bond acceptors (Lipinski definition) is 3. The number of carbonyl (C=O) groups is 1. The van der Waals surface area contributed by atoms with Crippen LogP contribution in [-0.2, 0) is 4.79 Å². The molecule has 0 saturated carbocycles. The Morgan fingerprint density at radius 1 is 1.62 bits per heavy atom. The molecular weight excluding hydrogens is 189 g/mol. The molecule has 7 heteroatoms. The number of hydrogen-bond donors (Lipinski definition) is 2. The molecule has 1 aliphatic rings. The van der Waals surface area contributed by atoms with Crippen LogP contribution in [0.5, 0.6) is 0 Å². The average Bonchev–Trinajstić information content (AvgIpc) is 1.83. The van der Waals surface area contributed by atoms with Crippen molar-refractivity contribution in [1.29, 1.82) is 5.26 Å². The number of halogens is 3. The molecule has 2 N–H and O–H groups in total. The smallest absolute Gasteiger partial charge is 0.475 e. The Labute approximate surface area is 72.0 Å². The normalized spacial score (nSPS) is 20.3. The van der Waals surface area contributed by atoms with Crippen molar-refractivity contribution in [3.63, 3.8) is 0 Å². The third-order valence-electron chi connectivity index (χ3n) is 1.22. The topological polar surface area (TPSA) is 73.1 Å². The van der Waals surface area contributed by atoms with Crippen molar-refractivity contribution in [1.82, 2.24) is 5.32 Å². The fraction of sp³-hybridized carbons (Fsp3) is 0.667. The quantitative estimate of drug-likeness (QED) is 0.591. The summed E-state index contributed by atoms with van der Waals surface area (Å²) in [5.41, 5.74) is 0. The van der Waals surface area contributed by atoms with E-state index in [9.17, 15) is 13.2 Å². The first-order chi connectivity index (χ1) is 5.88. The van der Waals surface area contributed by atoms with E-state index >= 15 is 0 Å². The van der Waals surface area contributed by atoms with E-state index in [4.69, 9.17) is 15.2 Å². The molecule has 0 aliphatic carbocycles. The Bertz CT molecular complexity index is 217. The number of carboxylic acid groups (broad SMARTS) is 1. The molecule has 4 nitrogen and oxygen atoms in total. The van der Waals surface area contributed by atoms with Gasteiger partial charge in [0.2, 0.25) is 0 Å². The molecule has 1 rings (SSSR count). The van der Waals surface area contributed by atoms with Gasteiger partial charge in [-0.15, -0.1) is 0 Å². The maximum absolute atomic E-state index is 10.6. The van der Waals surface area contributed by atoms with Gasteiger partial charge in [0, 0.05) is 0 Å². The van der Waals surface area contributed by atoms with Gasteiger partial charge in [0.15, 0.2) is 0 Å². The molecule has 0 spiro atoms. The standard InChI is InChI=1S/C4H6N2.C2HF3O2/c5-3-4-1-2-6-4;3-2(4,5)1(6)7/h4,6H,1-2H2;(H,6,7). The number of nitrogens with one attached hydrogen (secondary N) is 1. The zero-order valence-electron chi connectivity index (χ0n) is 6.43. The van der Waals surface area contributed by atoms with Crippen LogP contribution in [0.3, 0.4) is 0 Å². The van der Waals surface area contributed by atoms with Gasteiger partial charge in [0.1, 0.15) is 0 Å². The summed E-state index contributed by atoms with van der Waals surface area (Å²) >= 11 is 0. The second-order valence-electron chi connectivity index (χ2n) is 2.23. The van der Waals surface area contributed by atoms with Gasteiger partial charge in [-0.3, -0.25) is 0 Å². The van der Waals surface area contributed by atoms with Gasteiger partial charge in [-0.2, -0.15) is 18.4 Å². The molecule has 74 valence electrons. The molecule has 1 fully saturated rings. The summed E-state index contributed by atoms with van der Waals surface area (Å²) < 4.78 is 31.7. The van der Waals surface area contributed by atoms with Gasteiger partial charge < -0.3 is 10.4 Å². The molecule has 0 bridgehead atoms. The fourth-order valence-electron chi connectivity index (χ4n) is 0.399. The summed E-state index contributed by atoms with van der Waals surface area (Å²) in [6.45, 7) is 1.03. The highest BCUT2D eigenvalue weighted by Gasteiger charge is 2.38. The molecule has 0 aromatic heterocycles. The van der Waals surface area contributed by atoms with Crippen LogP contribution in [0.4, 0.5) is 13.2 Å². The van der Waals surface area contributed by atoms with Gasteiger partial charge in [-0.05, 0) is 13.0 Å². The molecule has 1 saturated heterocycles. The van der Waals surface area contributed by atoms with Crippen molar-refractivity contribution in [2.45, 2.75) is 18.6 Å². The van der Waals surface area contributed by atoms with Gasteiger partial charge in [-0.1, -0.05) is 0 Å². The van der Waals surface area contributed by atoms with Crippen LogP contribution >= 0.6 is 0 Å². The minimum absolute atomic E-state index is 0.171. The fourth-order valence-corrected chi connectivity index (χ4v) is 0.399. The lowest BCUT2D eigenvalue weighted by molar-refractivity contribution is -0.192. The highest BCUT2D eigenvalue weighted by Crippen LogP contribution is 2.13. The second-order valence-corrected chi connectivity index (χ2v) is 2.23. The third kappa shape index (κ3) is 5.03. The van der Waals surface area contributed by atoms with Gasteiger partial charge in [0.05, 0.1) is 12.1 Å². The third-order valence-corrected chi connectivity index (χ3v) is 1.22. The van der Waals surface area contributed by atoms with Crippen LogP contribution < -0.4 is 5.32 Å². The average molecular weight is 196 g/mol. The summed E-state index contributed by atoms with van der Waals surface area (Å²) in [4.78, 5) is 8.90. The van der Waals surface area contributed by atoms with Crippen LogP contribution in [0, 0.1) is 11.3 Å². The van der Waals surface area contributed by atoms with Gasteiger partial charge >= 0.3 is 12.1 Å². The van der Waals surface area contributed by atoms with E-state index in [0.717, 1.165) is 13.0 Å². The molecule has 0 aromatic rings. The lowest BCUT2D eigenvalue weighted by Gasteiger charge is -2.19. The van der Waals surface area contributed by atoms with Crippen molar-refractivity contribution in [2.75, 3.05) is 6.54 Å². The maximum atomic E-state index is 10.6. The van der Waals surface area contributed by atoms with Crippen molar-refractivity contribution < 1.29 is 23.1 Å². The van der Waals surface area contributed by atoms with E-state index in [0.29, 0.717) is 0 Å². The molecular formula is C6H7F3N2O2. The molecule has 1 aliphatic heterocycles. The molecule has 1 heterocycles. The van der Waals surface area contributed by atoms with E-state index < -0.39 is 12.1 Å². The summed E-state index contributed by atoms with van der Waals surface area (Å²) in [5.74, 6) is -2.76. The Balaban J connectivity index is 0.000000223. The monoisotopic (exact) mass is 196 g/mol. The van der Waals surface area contributed by atoms with Gasteiger partial charge in [0.25, 0.3) is 0 Å². The maximum Gasteiger partial charge on any atom is 0.490 e. The molecule has 0 aromatic carbocycles. The van der Waals surface area contributed by atoms with Crippen molar-refractivity contribution in [2.24, 2.45) is 0 Å². The lowest BCUT2D eigenvalue weighted by Crippen LogP contribution is -2.41. The minimum atomic E-state index is -5.08. The van der Waals surface area contributed by atoms with E-state index in [-0.39, 0.29) is 6.04 Å². The summed E-state index contributed by atoms with van der Waals surface area (Å²) in [6.07, 6.45) is -4.05. The largest absolute Gasteiger partial charge is 0.490 e. The number of alkyl halides is 3. The Hall–Kier alpha value is -1.29. The van der Waals surface area contributed by atoms with Crippen LogP contribution in [-0.4, -0.2) is 29.8 Å². The number of aliphatic carboxylic acids is 1. The molecule has 0 amide bonds. The molecule has 1 atom stereocenters. The van der Waals surface area contributed by atoms with E-state index in [1.165, 1.54) is 0 Å². The zero-order chi connectivity index (χ0) is 10.5. The summed E-state index contributed by atoms with van der Waals surface area (Å²) in [6, 6.07) is 2.26. The molecule has 0 radical (unpaired) electrons. The Kier molecular flexibility index (Phi) is 4.20. The molecule has 1 unspecified atom stereocenters. The minimum Gasteiger partial charge on any atom is -0.475 e. The van der Waals surface area contributed by atoms with Crippen molar-refractivity contribution in [3.05, 3.63) is 0 Å². The highest BCUT2D eigenvalue weighted by atomic mass is 19.4. The lowest BCUT2D eigenvalue weighted by atomic mass is 10.1. The van der Waals surface area contributed by atoms with E-state index in [1.54, 1.807) is 0 Å². The Morgan fingerprint density at radius 2 is 2.00 bits per heavy atom. The molecule has 13 heavy (non-hydrogen) atoms.